The Morgan fingerprint density at radius 3 is 3.06 bits per heavy atom. The van der Waals surface area contributed by atoms with Gasteiger partial charge in [-0.05, 0) is 29.8 Å². The predicted molar refractivity (Wildman–Crippen MR) is 58.9 cm³/mol. The van der Waals surface area contributed by atoms with E-state index >= 15 is 0 Å². The van der Waals surface area contributed by atoms with Crippen LogP contribution in [0.3, 0.4) is 0 Å². The van der Waals surface area contributed by atoms with Gasteiger partial charge in [0.15, 0.2) is 0 Å². The molecule has 0 aliphatic carbocycles. The van der Waals surface area contributed by atoms with E-state index in [0.29, 0.717) is 5.69 Å². The molecule has 0 aliphatic rings. The molecular formula is C11H10N3O2. The zero-order valence-corrected chi connectivity index (χ0v) is 8.65. The molecule has 0 spiro atoms. The summed E-state index contributed by atoms with van der Waals surface area (Å²) in [4.78, 5) is 11.0. The Morgan fingerprint density at radius 2 is 2.38 bits per heavy atom. The molecule has 0 fully saturated rings. The van der Waals surface area contributed by atoms with E-state index in [9.17, 15) is 4.79 Å². The van der Waals surface area contributed by atoms with Crippen molar-refractivity contribution in [3.8, 4) is 11.1 Å². The number of methoxy groups -OCH3 is 1. The number of rotatable bonds is 2. The summed E-state index contributed by atoms with van der Waals surface area (Å²) in [5.74, 6) is 0. The van der Waals surface area contributed by atoms with E-state index in [-0.39, 0.29) is 0 Å². The van der Waals surface area contributed by atoms with Gasteiger partial charge in [-0.1, -0.05) is 0 Å². The predicted octanol–water partition coefficient (Wildman–Crippen LogP) is 2.06. The second kappa shape index (κ2) is 4.48. The maximum Gasteiger partial charge on any atom is 0.411 e. The van der Waals surface area contributed by atoms with Gasteiger partial charge in [0.2, 0.25) is 0 Å². The molecule has 1 aromatic carbocycles. The number of H-pyrrole nitrogens is 1. The molecule has 1 radical (unpaired) electrons. The Labute approximate surface area is 92.4 Å². The average Bonchev–Trinajstić information content (AvgIpc) is 2.83. The van der Waals surface area contributed by atoms with Gasteiger partial charge >= 0.3 is 6.09 Å². The van der Waals surface area contributed by atoms with Crippen molar-refractivity contribution >= 4 is 11.8 Å². The fourth-order valence-electron chi connectivity index (χ4n) is 1.29. The molecule has 0 bridgehead atoms. The molecule has 0 saturated heterocycles. The molecule has 2 N–H and O–H groups in total. The number of aromatic nitrogens is 2. The van der Waals surface area contributed by atoms with E-state index in [4.69, 9.17) is 0 Å². The van der Waals surface area contributed by atoms with E-state index in [1.807, 2.05) is 12.1 Å². The minimum Gasteiger partial charge on any atom is -0.453 e. The van der Waals surface area contributed by atoms with Crippen LogP contribution in [0.15, 0.2) is 30.6 Å². The molecular weight excluding hydrogens is 206 g/mol. The van der Waals surface area contributed by atoms with Crippen molar-refractivity contribution in [2.24, 2.45) is 0 Å². The standard InChI is InChI=1S/C11H10N3O2/c1-16-11(15)14-10-4-2-3-8(5-10)9-6-12-13-7-9/h3-7H,1H3,(H,12,13)(H,14,15). The van der Waals surface area contributed by atoms with E-state index in [2.05, 4.69) is 26.3 Å². The molecule has 2 rings (SSSR count). The first-order chi connectivity index (χ1) is 7.79. The zero-order chi connectivity index (χ0) is 11.4. The maximum atomic E-state index is 11.0. The Hall–Kier alpha value is -2.30. The van der Waals surface area contributed by atoms with Gasteiger partial charge in [0.1, 0.15) is 0 Å². The number of hydrogen-bond donors (Lipinski definition) is 2. The zero-order valence-electron chi connectivity index (χ0n) is 8.65. The first-order valence-corrected chi connectivity index (χ1v) is 4.65. The number of benzene rings is 1. The number of hydrogen-bond acceptors (Lipinski definition) is 3. The van der Waals surface area contributed by atoms with E-state index < -0.39 is 6.09 Å². The maximum absolute atomic E-state index is 11.0. The molecule has 1 heterocycles. The van der Waals surface area contributed by atoms with Crippen molar-refractivity contribution in [3.05, 3.63) is 36.7 Å². The van der Waals surface area contributed by atoms with E-state index in [1.54, 1.807) is 18.5 Å². The molecule has 5 nitrogen and oxygen atoms in total. The third kappa shape index (κ3) is 2.20. The summed E-state index contributed by atoms with van der Waals surface area (Å²) in [6.07, 6.45) is 2.97. The van der Waals surface area contributed by atoms with Crippen molar-refractivity contribution in [3.63, 3.8) is 0 Å². The van der Waals surface area contributed by atoms with Crippen molar-refractivity contribution in [2.45, 2.75) is 0 Å². The number of ether oxygens (including phenoxy) is 1. The smallest absolute Gasteiger partial charge is 0.411 e. The summed E-state index contributed by atoms with van der Waals surface area (Å²) >= 11 is 0. The first kappa shape index (κ1) is 10.2. The summed E-state index contributed by atoms with van der Waals surface area (Å²) in [6, 6.07) is 8.23. The fraction of sp³-hybridized carbons (Fsp3) is 0.0909. The second-order valence-electron chi connectivity index (χ2n) is 3.11. The van der Waals surface area contributed by atoms with Crippen LogP contribution < -0.4 is 5.32 Å². The molecule has 0 atom stereocenters. The van der Waals surface area contributed by atoms with Gasteiger partial charge in [0.05, 0.1) is 13.3 Å². The number of carbonyl (C=O) groups is 1. The summed E-state index contributed by atoms with van der Waals surface area (Å²) in [6.45, 7) is 0. The minimum absolute atomic E-state index is 0.502. The van der Waals surface area contributed by atoms with Gasteiger partial charge in [-0.15, -0.1) is 0 Å². The van der Waals surface area contributed by atoms with Crippen LogP contribution in [0.5, 0.6) is 0 Å². The van der Waals surface area contributed by atoms with Crippen molar-refractivity contribution in [1.29, 1.82) is 0 Å². The Morgan fingerprint density at radius 1 is 1.50 bits per heavy atom. The quantitative estimate of drug-likeness (QED) is 0.807. The number of anilines is 1. The normalized spacial score (nSPS) is 9.81. The molecule has 0 aliphatic heterocycles. The number of aromatic amines is 1. The van der Waals surface area contributed by atoms with Gasteiger partial charge in [-0.2, -0.15) is 5.10 Å². The second-order valence-corrected chi connectivity index (χ2v) is 3.11. The van der Waals surface area contributed by atoms with E-state index in [0.717, 1.165) is 11.1 Å². The lowest BCUT2D eigenvalue weighted by atomic mass is 10.1. The molecule has 81 valence electrons. The van der Waals surface area contributed by atoms with Crippen LogP contribution in [0, 0.1) is 6.07 Å². The van der Waals surface area contributed by atoms with Gasteiger partial charge in [0.25, 0.3) is 0 Å². The lowest BCUT2D eigenvalue weighted by molar-refractivity contribution is 0.187. The summed E-state index contributed by atoms with van der Waals surface area (Å²) < 4.78 is 4.50. The number of nitrogens with one attached hydrogen (secondary N) is 2. The highest BCUT2D eigenvalue weighted by atomic mass is 16.5. The fourth-order valence-corrected chi connectivity index (χ4v) is 1.29. The third-order valence-corrected chi connectivity index (χ3v) is 2.05. The number of nitrogens with zero attached hydrogens (tertiary/aromatic N) is 1. The van der Waals surface area contributed by atoms with Crippen molar-refractivity contribution in [1.82, 2.24) is 10.2 Å². The van der Waals surface area contributed by atoms with E-state index in [1.165, 1.54) is 7.11 Å². The molecule has 0 saturated carbocycles. The van der Waals surface area contributed by atoms with Crippen molar-refractivity contribution in [2.75, 3.05) is 12.4 Å². The molecule has 0 unspecified atom stereocenters. The Balaban J connectivity index is 2.23. The van der Waals surface area contributed by atoms with Crippen LogP contribution in [0.2, 0.25) is 0 Å². The van der Waals surface area contributed by atoms with Crippen LogP contribution in [-0.4, -0.2) is 23.4 Å². The van der Waals surface area contributed by atoms with Gasteiger partial charge in [-0.25, -0.2) is 4.79 Å². The lowest BCUT2D eigenvalue weighted by Gasteiger charge is -2.04. The molecule has 16 heavy (non-hydrogen) atoms. The molecule has 2 aromatic rings. The molecule has 5 heteroatoms. The molecule has 1 aromatic heterocycles. The van der Waals surface area contributed by atoms with Crippen LogP contribution in [0.25, 0.3) is 11.1 Å². The highest BCUT2D eigenvalue weighted by Crippen LogP contribution is 2.20. The highest BCUT2D eigenvalue weighted by molar-refractivity contribution is 5.85. The minimum atomic E-state index is -0.502. The van der Waals surface area contributed by atoms with Crippen LogP contribution in [-0.2, 0) is 4.74 Å². The first-order valence-electron chi connectivity index (χ1n) is 4.65. The SMILES string of the molecule is COC(=O)Nc1c[c]cc(-c2cn[nH]c2)c1. The number of carbonyl (C=O) groups excluding carboxylic acids is 1. The Kier molecular flexibility index (Phi) is 2.86. The van der Waals surface area contributed by atoms with Crippen LogP contribution in [0.4, 0.5) is 10.5 Å². The van der Waals surface area contributed by atoms with Gasteiger partial charge in [-0.3, -0.25) is 10.4 Å². The number of amides is 1. The molecule has 1 amide bonds. The average molecular weight is 216 g/mol. The van der Waals surface area contributed by atoms with Crippen LogP contribution >= 0.6 is 0 Å². The topological polar surface area (TPSA) is 67.0 Å². The van der Waals surface area contributed by atoms with Crippen LogP contribution in [0.1, 0.15) is 0 Å². The lowest BCUT2D eigenvalue weighted by Crippen LogP contribution is -2.10. The largest absolute Gasteiger partial charge is 0.453 e. The highest BCUT2D eigenvalue weighted by Gasteiger charge is 2.03. The summed E-state index contributed by atoms with van der Waals surface area (Å²) in [7, 11) is 1.32. The van der Waals surface area contributed by atoms with Crippen molar-refractivity contribution < 1.29 is 9.53 Å². The monoisotopic (exact) mass is 216 g/mol. The summed E-state index contributed by atoms with van der Waals surface area (Å²) in [5, 5.41) is 9.15. The third-order valence-electron chi connectivity index (χ3n) is 2.05. The van der Waals surface area contributed by atoms with Gasteiger partial charge in [0, 0.05) is 17.4 Å². The van der Waals surface area contributed by atoms with Gasteiger partial charge < -0.3 is 4.74 Å². The summed E-state index contributed by atoms with van der Waals surface area (Å²) in [5.41, 5.74) is 2.48. The Bertz CT molecular complexity index is 480.